The van der Waals surface area contributed by atoms with Crippen LogP contribution >= 0.6 is 22.9 Å². The number of nitrogens with two attached hydrogens (primary N) is 1. The quantitative estimate of drug-likeness (QED) is 0.551. The highest BCUT2D eigenvalue weighted by Crippen LogP contribution is 2.31. The van der Waals surface area contributed by atoms with E-state index in [4.69, 9.17) is 17.3 Å². The fourth-order valence-electron chi connectivity index (χ4n) is 2.28. The van der Waals surface area contributed by atoms with Crippen molar-refractivity contribution in [1.29, 1.82) is 0 Å². The van der Waals surface area contributed by atoms with Crippen molar-refractivity contribution in [3.8, 4) is 0 Å². The van der Waals surface area contributed by atoms with Crippen LogP contribution in [0.1, 0.15) is 27.3 Å². The maximum Gasteiger partial charge on any atom is 0.416 e. The Morgan fingerprint density at radius 1 is 1.18 bits per heavy atom. The second-order valence-electron chi connectivity index (χ2n) is 5.68. The molecule has 0 unspecified atom stereocenters. The van der Waals surface area contributed by atoms with Gasteiger partial charge in [-0.3, -0.25) is 4.79 Å². The summed E-state index contributed by atoms with van der Waals surface area (Å²) in [5.74, 6) is -0.231. The molecule has 28 heavy (non-hydrogen) atoms. The molecule has 2 heterocycles. The van der Waals surface area contributed by atoms with Crippen LogP contribution in [-0.4, -0.2) is 20.7 Å². The molecule has 3 N–H and O–H groups in total. The van der Waals surface area contributed by atoms with Crippen LogP contribution in [-0.2, 0) is 12.6 Å². The Kier molecular flexibility index (Phi) is 5.80. The van der Waals surface area contributed by atoms with Crippen molar-refractivity contribution in [3.05, 3.63) is 57.9 Å². The number of aromatic nitrogens is 3. The van der Waals surface area contributed by atoms with E-state index in [-0.39, 0.29) is 28.7 Å². The molecule has 3 aromatic rings. The van der Waals surface area contributed by atoms with Crippen molar-refractivity contribution < 1.29 is 18.0 Å². The molecule has 0 aliphatic heterocycles. The van der Waals surface area contributed by atoms with Gasteiger partial charge in [-0.1, -0.05) is 11.6 Å². The number of hydrogen-bond acceptors (Lipinski definition) is 7. The van der Waals surface area contributed by atoms with Crippen LogP contribution in [0.2, 0.25) is 5.02 Å². The number of ketones is 1. The number of carbonyl (C=O) groups excluding carboxylic acids is 1. The first-order valence-electron chi connectivity index (χ1n) is 7.92. The third-order valence-electron chi connectivity index (χ3n) is 3.70. The van der Waals surface area contributed by atoms with Gasteiger partial charge in [0.05, 0.1) is 5.56 Å². The van der Waals surface area contributed by atoms with Gasteiger partial charge >= 0.3 is 6.18 Å². The average Bonchev–Trinajstić information content (AvgIpc) is 3.09. The normalized spacial score (nSPS) is 11.4. The second kappa shape index (κ2) is 8.11. The molecule has 0 aliphatic carbocycles. The molecule has 0 spiro atoms. The molecule has 0 fully saturated rings. The summed E-state index contributed by atoms with van der Waals surface area (Å²) in [7, 11) is 0. The molecular formula is C17H13ClF3N5OS. The Hall–Kier alpha value is -2.72. The summed E-state index contributed by atoms with van der Waals surface area (Å²) < 4.78 is 37.8. The third-order valence-corrected chi connectivity index (χ3v) is 5.04. The van der Waals surface area contributed by atoms with Crippen LogP contribution in [0, 0.1) is 0 Å². The molecule has 2 aromatic heterocycles. The summed E-state index contributed by atoms with van der Waals surface area (Å²) in [6, 6.07) is 4.64. The number of benzene rings is 1. The van der Waals surface area contributed by atoms with Crippen molar-refractivity contribution in [2.75, 3.05) is 11.1 Å². The third kappa shape index (κ3) is 4.76. The summed E-state index contributed by atoms with van der Waals surface area (Å²) in [6.07, 6.45) is -1.05. The van der Waals surface area contributed by atoms with Crippen molar-refractivity contribution in [2.45, 2.75) is 19.0 Å². The molecule has 0 amide bonds. The minimum absolute atomic E-state index is 0.0291. The topological polar surface area (TPSA) is 93.8 Å². The first-order chi connectivity index (χ1) is 13.2. The van der Waals surface area contributed by atoms with Gasteiger partial charge in [-0.25, -0.2) is 15.0 Å². The van der Waals surface area contributed by atoms with E-state index in [1.54, 1.807) is 6.20 Å². The fraction of sp³-hybridized carbons (Fsp3) is 0.176. The Morgan fingerprint density at radius 2 is 1.89 bits per heavy atom. The number of carbonyl (C=O) groups is 1. The number of anilines is 3. The first kappa shape index (κ1) is 20.0. The van der Waals surface area contributed by atoms with E-state index in [2.05, 4.69) is 20.3 Å². The van der Waals surface area contributed by atoms with Crippen molar-refractivity contribution >= 4 is 45.4 Å². The molecule has 0 bridgehead atoms. The maximum absolute atomic E-state index is 12.6. The molecule has 6 nitrogen and oxygen atoms in total. The zero-order valence-corrected chi connectivity index (χ0v) is 15.7. The maximum atomic E-state index is 12.6. The summed E-state index contributed by atoms with van der Waals surface area (Å²) >= 11 is 7.24. The van der Waals surface area contributed by atoms with Gasteiger partial charge in [0.2, 0.25) is 0 Å². The first-order valence-corrected chi connectivity index (χ1v) is 9.11. The molecule has 3 rings (SSSR count). The van der Waals surface area contributed by atoms with Crippen LogP contribution in [0.3, 0.4) is 0 Å². The summed E-state index contributed by atoms with van der Waals surface area (Å²) in [5, 5.41) is 3.47. The minimum Gasteiger partial charge on any atom is -0.382 e. The molecule has 0 saturated heterocycles. The molecule has 0 radical (unpaired) electrons. The number of nitrogen functional groups attached to an aromatic ring is 1. The highest BCUT2D eigenvalue weighted by atomic mass is 35.5. The molecule has 0 saturated carbocycles. The summed E-state index contributed by atoms with van der Waals surface area (Å²) in [5.41, 5.74) is 5.39. The molecular weight excluding hydrogens is 415 g/mol. The van der Waals surface area contributed by atoms with E-state index in [0.717, 1.165) is 17.0 Å². The molecule has 146 valence electrons. The second-order valence-corrected chi connectivity index (χ2v) is 7.17. The smallest absolute Gasteiger partial charge is 0.382 e. The lowest BCUT2D eigenvalue weighted by Gasteiger charge is -2.07. The Bertz CT molecular complexity index is 991. The number of rotatable bonds is 6. The number of aryl methyl sites for hydroxylation is 1. The van der Waals surface area contributed by atoms with E-state index in [9.17, 15) is 18.0 Å². The van der Waals surface area contributed by atoms with E-state index in [1.165, 1.54) is 29.8 Å². The predicted octanol–water partition coefficient (Wildman–Crippen LogP) is 4.75. The summed E-state index contributed by atoms with van der Waals surface area (Å²) in [6.45, 7) is 0. The van der Waals surface area contributed by atoms with E-state index in [0.29, 0.717) is 17.2 Å². The predicted molar refractivity (Wildman–Crippen MR) is 101 cm³/mol. The van der Waals surface area contributed by atoms with Gasteiger partial charge in [-0.15, -0.1) is 11.3 Å². The zero-order valence-electron chi connectivity index (χ0n) is 14.1. The monoisotopic (exact) mass is 427 g/mol. The number of Topliss-reactive ketones (excluding diaryl/α,β-unsaturated/α-hetero) is 1. The minimum atomic E-state index is -4.38. The Labute approximate surface area is 166 Å². The highest BCUT2D eigenvalue weighted by molar-refractivity contribution is 7.15. The van der Waals surface area contributed by atoms with Gasteiger partial charge in [0.1, 0.15) is 22.9 Å². The Morgan fingerprint density at radius 3 is 2.57 bits per heavy atom. The van der Waals surface area contributed by atoms with Crippen molar-refractivity contribution in [1.82, 2.24) is 15.0 Å². The molecule has 0 aliphatic rings. The molecule has 0 atom stereocenters. The van der Waals surface area contributed by atoms with Crippen LogP contribution in [0.4, 0.5) is 29.8 Å². The van der Waals surface area contributed by atoms with E-state index in [1.807, 2.05) is 0 Å². The number of thiazole rings is 1. The largest absolute Gasteiger partial charge is 0.416 e. The van der Waals surface area contributed by atoms with Gasteiger partial charge in [0, 0.05) is 23.2 Å². The van der Waals surface area contributed by atoms with Gasteiger partial charge in [0.15, 0.2) is 10.9 Å². The van der Waals surface area contributed by atoms with Crippen LogP contribution < -0.4 is 11.1 Å². The Balaban J connectivity index is 1.60. The number of halogens is 4. The summed E-state index contributed by atoms with van der Waals surface area (Å²) in [4.78, 5) is 24.8. The number of nitrogens with one attached hydrogen (secondary N) is 1. The van der Waals surface area contributed by atoms with Gasteiger partial charge in [0.25, 0.3) is 0 Å². The fourth-order valence-corrected chi connectivity index (χ4v) is 3.32. The van der Waals surface area contributed by atoms with E-state index >= 15 is 0 Å². The molecule has 1 aromatic carbocycles. The number of alkyl halides is 3. The van der Waals surface area contributed by atoms with Gasteiger partial charge in [-0.2, -0.15) is 13.2 Å². The van der Waals surface area contributed by atoms with Gasteiger partial charge < -0.3 is 11.1 Å². The van der Waals surface area contributed by atoms with Crippen LogP contribution in [0.25, 0.3) is 0 Å². The van der Waals surface area contributed by atoms with Crippen LogP contribution in [0.15, 0.2) is 36.8 Å². The highest BCUT2D eigenvalue weighted by Gasteiger charge is 2.29. The SMILES string of the molecule is Nc1ncnc(C(=O)CCc2cnc(Nc3ccc(C(F)(F)F)cc3)s2)c1Cl. The zero-order chi connectivity index (χ0) is 20.3. The van der Waals surface area contributed by atoms with Crippen LogP contribution in [0.5, 0.6) is 0 Å². The lowest BCUT2D eigenvalue weighted by molar-refractivity contribution is -0.137. The van der Waals surface area contributed by atoms with Gasteiger partial charge in [-0.05, 0) is 30.7 Å². The molecule has 11 heteroatoms. The van der Waals surface area contributed by atoms with Crippen molar-refractivity contribution in [2.24, 2.45) is 0 Å². The standard InChI is InChI=1S/C17H13ClF3N5OS/c18-13-14(24-8-25-15(13)22)12(27)6-5-11-7-23-16(28-11)26-10-3-1-9(2-4-10)17(19,20)21/h1-4,7-8H,5-6H2,(H,23,26)(H2,22,24,25). The van der Waals surface area contributed by atoms with Crippen molar-refractivity contribution in [3.63, 3.8) is 0 Å². The average molecular weight is 428 g/mol. The lowest BCUT2D eigenvalue weighted by Crippen LogP contribution is -2.07. The lowest BCUT2D eigenvalue weighted by atomic mass is 10.1. The number of hydrogen-bond donors (Lipinski definition) is 2. The van der Waals surface area contributed by atoms with E-state index < -0.39 is 11.7 Å². The number of nitrogens with zero attached hydrogens (tertiary/aromatic N) is 3.